The van der Waals surface area contributed by atoms with E-state index in [0.29, 0.717) is 13.1 Å². The average Bonchev–Trinajstić information content (AvgIpc) is 2.87. The highest BCUT2D eigenvalue weighted by atomic mass is 16.6. The molecule has 0 saturated carbocycles. The maximum absolute atomic E-state index is 13.0. The van der Waals surface area contributed by atoms with E-state index < -0.39 is 6.09 Å². The van der Waals surface area contributed by atoms with Crippen LogP contribution >= 0.6 is 0 Å². The number of rotatable bonds is 12. The van der Waals surface area contributed by atoms with Gasteiger partial charge in [0.25, 0.3) is 0 Å². The average molecular weight is 479 g/mol. The number of methoxy groups -OCH3 is 2. The van der Waals surface area contributed by atoms with Crippen molar-refractivity contribution in [2.75, 3.05) is 41.5 Å². The van der Waals surface area contributed by atoms with Crippen molar-refractivity contribution in [1.82, 2.24) is 9.80 Å². The second kappa shape index (κ2) is 13.2. The number of carbonyl (C=O) groups is 1. The zero-order chi connectivity index (χ0) is 25.0. The van der Waals surface area contributed by atoms with Crippen LogP contribution in [0.1, 0.15) is 16.7 Å². The van der Waals surface area contributed by atoms with Crippen molar-refractivity contribution in [1.29, 1.82) is 0 Å². The van der Waals surface area contributed by atoms with Gasteiger partial charge in [-0.05, 0) is 67.2 Å². The normalized spacial score (nSPS) is 10.7. The molecule has 0 unspecified atom stereocenters. The van der Waals surface area contributed by atoms with E-state index in [4.69, 9.17) is 18.9 Å². The van der Waals surface area contributed by atoms with Gasteiger partial charge in [-0.25, -0.2) is 4.79 Å². The summed E-state index contributed by atoms with van der Waals surface area (Å²) in [5, 5.41) is 0. The van der Waals surface area contributed by atoms with E-state index in [1.165, 1.54) is 0 Å². The maximum Gasteiger partial charge on any atom is 0.410 e. The molecule has 35 heavy (non-hydrogen) atoms. The first kappa shape index (κ1) is 25.9. The van der Waals surface area contributed by atoms with Crippen molar-refractivity contribution in [3.63, 3.8) is 0 Å². The minimum absolute atomic E-state index is 0.151. The highest BCUT2D eigenvalue weighted by Gasteiger charge is 2.17. The standard InChI is InChI=1S/C28H34N2O5/c1-29(2)19-24-6-5-7-27(18-24)34-16-17-35-28(31)30(20-22-8-12-25(32-3)13-9-22)21-23-10-14-26(33-4)15-11-23/h5-15,18H,16-17,19-21H2,1-4H3. The first-order chi connectivity index (χ1) is 17.0. The predicted octanol–water partition coefficient (Wildman–Crippen LogP) is 4.98. The molecule has 7 heteroatoms. The number of amides is 1. The number of benzene rings is 3. The Morgan fingerprint density at radius 1 is 0.686 bits per heavy atom. The largest absolute Gasteiger partial charge is 0.497 e. The fourth-order valence-electron chi connectivity index (χ4n) is 3.57. The van der Waals surface area contributed by atoms with E-state index in [2.05, 4.69) is 11.0 Å². The van der Waals surface area contributed by atoms with Crippen molar-refractivity contribution < 1.29 is 23.7 Å². The fourth-order valence-corrected chi connectivity index (χ4v) is 3.57. The van der Waals surface area contributed by atoms with Gasteiger partial charge in [0.05, 0.1) is 14.2 Å². The minimum atomic E-state index is -0.401. The Labute approximate surface area is 207 Å². The molecule has 3 rings (SSSR count). The molecule has 3 aromatic carbocycles. The Bertz CT molecular complexity index is 1000. The molecule has 0 atom stereocenters. The lowest BCUT2D eigenvalue weighted by Gasteiger charge is -2.23. The lowest BCUT2D eigenvalue weighted by atomic mass is 10.1. The Morgan fingerprint density at radius 2 is 1.26 bits per heavy atom. The summed E-state index contributed by atoms with van der Waals surface area (Å²) >= 11 is 0. The zero-order valence-electron chi connectivity index (χ0n) is 20.9. The molecule has 0 fully saturated rings. The third kappa shape index (κ3) is 8.54. The summed E-state index contributed by atoms with van der Waals surface area (Å²) in [6.45, 7) is 2.07. The molecule has 0 aliphatic heterocycles. The molecule has 0 spiro atoms. The molecular weight excluding hydrogens is 444 g/mol. The van der Waals surface area contributed by atoms with Crippen LogP contribution in [0.3, 0.4) is 0 Å². The van der Waals surface area contributed by atoms with Crippen molar-refractivity contribution in [3.8, 4) is 17.2 Å². The number of carbonyl (C=O) groups excluding carboxylic acids is 1. The fraction of sp³-hybridized carbons (Fsp3) is 0.321. The molecule has 1 amide bonds. The molecule has 0 aromatic heterocycles. The van der Waals surface area contributed by atoms with Crippen molar-refractivity contribution in [2.24, 2.45) is 0 Å². The lowest BCUT2D eigenvalue weighted by Crippen LogP contribution is -2.31. The van der Waals surface area contributed by atoms with Crippen molar-refractivity contribution in [2.45, 2.75) is 19.6 Å². The summed E-state index contributed by atoms with van der Waals surface area (Å²) in [5.74, 6) is 2.29. The van der Waals surface area contributed by atoms with Crippen LogP contribution in [-0.2, 0) is 24.4 Å². The van der Waals surface area contributed by atoms with Crippen LogP contribution in [0.2, 0.25) is 0 Å². The van der Waals surface area contributed by atoms with Gasteiger partial charge in [0.2, 0.25) is 0 Å². The zero-order valence-corrected chi connectivity index (χ0v) is 20.9. The van der Waals surface area contributed by atoms with Gasteiger partial charge < -0.3 is 23.8 Å². The van der Waals surface area contributed by atoms with Gasteiger partial charge in [0.15, 0.2) is 0 Å². The Balaban J connectivity index is 1.59. The molecule has 0 radical (unpaired) electrons. The highest BCUT2D eigenvalue weighted by Crippen LogP contribution is 2.18. The molecule has 0 aliphatic rings. The third-order valence-electron chi connectivity index (χ3n) is 5.30. The molecule has 0 heterocycles. The molecule has 0 saturated heterocycles. The van der Waals surface area contributed by atoms with Gasteiger partial charge in [-0.3, -0.25) is 4.90 Å². The summed E-state index contributed by atoms with van der Waals surface area (Å²) in [4.78, 5) is 16.7. The lowest BCUT2D eigenvalue weighted by molar-refractivity contribution is 0.0836. The van der Waals surface area contributed by atoms with Gasteiger partial charge >= 0.3 is 6.09 Å². The molecule has 0 N–H and O–H groups in total. The number of hydrogen-bond acceptors (Lipinski definition) is 6. The predicted molar refractivity (Wildman–Crippen MR) is 136 cm³/mol. The first-order valence-corrected chi connectivity index (χ1v) is 11.5. The number of ether oxygens (including phenoxy) is 4. The van der Waals surface area contributed by atoms with Gasteiger partial charge in [-0.15, -0.1) is 0 Å². The van der Waals surface area contributed by atoms with Gasteiger partial charge in [0.1, 0.15) is 30.5 Å². The van der Waals surface area contributed by atoms with Gasteiger partial charge in [-0.2, -0.15) is 0 Å². The van der Waals surface area contributed by atoms with Crippen LogP contribution in [0.5, 0.6) is 17.2 Å². The Kier molecular flexibility index (Phi) is 9.80. The Morgan fingerprint density at radius 3 is 1.77 bits per heavy atom. The molecular formula is C28H34N2O5. The molecule has 3 aromatic rings. The third-order valence-corrected chi connectivity index (χ3v) is 5.30. The quantitative estimate of drug-likeness (QED) is 0.342. The molecule has 0 aliphatic carbocycles. The van der Waals surface area contributed by atoms with Gasteiger partial charge in [0, 0.05) is 19.6 Å². The Hall–Kier alpha value is -3.71. The molecule has 0 bridgehead atoms. The number of hydrogen-bond donors (Lipinski definition) is 0. The summed E-state index contributed by atoms with van der Waals surface area (Å²) in [5.41, 5.74) is 3.12. The van der Waals surface area contributed by atoms with E-state index in [9.17, 15) is 4.79 Å². The molecule has 7 nitrogen and oxygen atoms in total. The van der Waals surface area contributed by atoms with Crippen LogP contribution in [0.4, 0.5) is 4.79 Å². The van der Waals surface area contributed by atoms with E-state index in [1.807, 2.05) is 80.8 Å². The van der Waals surface area contributed by atoms with E-state index in [1.54, 1.807) is 19.1 Å². The van der Waals surface area contributed by atoms with E-state index in [-0.39, 0.29) is 13.2 Å². The summed E-state index contributed by atoms with van der Waals surface area (Å²) in [6, 6.07) is 23.2. The maximum atomic E-state index is 13.0. The second-order valence-corrected chi connectivity index (χ2v) is 8.40. The highest BCUT2D eigenvalue weighted by molar-refractivity contribution is 5.67. The second-order valence-electron chi connectivity index (χ2n) is 8.40. The topological polar surface area (TPSA) is 60.5 Å². The number of nitrogens with zero attached hydrogens (tertiary/aromatic N) is 2. The van der Waals surface area contributed by atoms with Crippen LogP contribution in [0, 0.1) is 0 Å². The summed E-state index contributed by atoms with van der Waals surface area (Å²) in [7, 11) is 7.30. The smallest absolute Gasteiger partial charge is 0.410 e. The van der Waals surface area contributed by atoms with Crippen LogP contribution in [0.25, 0.3) is 0 Å². The first-order valence-electron chi connectivity index (χ1n) is 11.5. The molecule has 186 valence electrons. The monoisotopic (exact) mass is 478 g/mol. The van der Waals surface area contributed by atoms with Crippen molar-refractivity contribution in [3.05, 3.63) is 89.5 Å². The van der Waals surface area contributed by atoms with E-state index in [0.717, 1.165) is 40.5 Å². The van der Waals surface area contributed by atoms with Crippen LogP contribution in [-0.4, -0.2) is 57.4 Å². The summed E-state index contributed by atoms with van der Waals surface area (Å²) < 4.78 is 21.8. The van der Waals surface area contributed by atoms with Crippen LogP contribution in [0.15, 0.2) is 72.8 Å². The van der Waals surface area contributed by atoms with Gasteiger partial charge in [-0.1, -0.05) is 36.4 Å². The minimum Gasteiger partial charge on any atom is -0.497 e. The SMILES string of the molecule is COc1ccc(CN(Cc2ccc(OC)cc2)C(=O)OCCOc2cccc(CN(C)C)c2)cc1. The van der Waals surface area contributed by atoms with Crippen molar-refractivity contribution >= 4 is 6.09 Å². The summed E-state index contributed by atoms with van der Waals surface area (Å²) in [6.07, 6.45) is -0.401. The van der Waals surface area contributed by atoms with Crippen LogP contribution < -0.4 is 14.2 Å². The van der Waals surface area contributed by atoms with E-state index >= 15 is 0 Å².